The smallest absolute Gasteiger partial charge is 0.304 e. The fourth-order valence-electron chi connectivity index (χ4n) is 4.39. The Bertz CT molecular complexity index is 1150. The summed E-state index contributed by atoms with van der Waals surface area (Å²) in [7, 11) is 0. The number of thiazole rings is 1. The number of nitrogens with zero attached hydrogens (tertiary/aromatic N) is 1. The number of nitrogens with one attached hydrogen (secondary N) is 1. The minimum atomic E-state index is -1.60. The second-order valence-corrected chi connectivity index (χ2v) is 9.37. The van der Waals surface area contributed by atoms with E-state index in [0.29, 0.717) is 26.9 Å². The number of aliphatic hydroxyl groups excluding tert-OH is 2. The predicted octanol–water partition coefficient (Wildman–Crippen LogP) is 3.20. The highest BCUT2D eigenvalue weighted by Crippen LogP contribution is 2.48. The number of hydrogen-bond donors (Lipinski definition) is 4. The molecular formula is C24H23ClN2O5S. The van der Waals surface area contributed by atoms with Gasteiger partial charge in [0, 0.05) is 28.4 Å². The van der Waals surface area contributed by atoms with E-state index >= 15 is 0 Å². The van der Waals surface area contributed by atoms with Crippen LogP contribution in [0.3, 0.4) is 0 Å². The third-order valence-corrected chi connectivity index (χ3v) is 7.41. The number of aliphatic hydroxyl groups is 2. The Morgan fingerprint density at radius 2 is 1.82 bits per heavy atom. The van der Waals surface area contributed by atoms with Crippen LogP contribution in [0.5, 0.6) is 0 Å². The maximum Gasteiger partial charge on any atom is 0.304 e. The van der Waals surface area contributed by atoms with Crippen LogP contribution in [0.1, 0.15) is 29.3 Å². The van der Waals surface area contributed by atoms with Gasteiger partial charge in [-0.25, -0.2) is 4.98 Å². The number of amides is 1. The molecule has 7 nitrogen and oxygen atoms in total. The van der Waals surface area contributed by atoms with E-state index < -0.39 is 41.8 Å². The van der Waals surface area contributed by atoms with Crippen molar-refractivity contribution in [3.05, 3.63) is 75.6 Å². The molecule has 1 saturated heterocycles. The molecule has 1 fully saturated rings. The van der Waals surface area contributed by atoms with Crippen molar-refractivity contribution < 1.29 is 24.9 Å². The number of aliphatic carboxylic acids is 1. The number of carbonyl (C=O) groups is 2. The number of carboxylic acid groups (broad SMARTS) is 1. The Balaban J connectivity index is 1.93. The van der Waals surface area contributed by atoms with Gasteiger partial charge in [0.2, 0.25) is 5.91 Å². The number of halogens is 1. The number of benzene rings is 2. The second kappa shape index (κ2) is 9.61. The summed E-state index contributed by atoms with van der Waals surface area (Å²) in [5.41, 5.74) is 0.285. The summed E-state index contributed by atoms with van der Waals surface area (Å²) in [6, 6.07) is 16.1. The molecule has 0 radical (unpaired) electrons. The molecule has 9 heteroatoms. The van der Waals surface area contributed by atoms with Gasteiger partial charge in [-0.1, -0.05) is 60.1 Å². The van der Waals surface area contributed by atoms with Gasteiger partial charge < -0.3 is 20.6 Å². The average molecular weight is 487 g/mol. The van der Waals surface area contributed by atoms with Gasteiger partial charge in [-0.3, -0.25) is 9.59 Å². The van der Waals surface area contributed by atoms with Crippen LogP contribution in [-0.2, 0) is 15.0 Å². The zero-order valence-electron chi connectivity index (χ0n) is 17.5. The molecule has 1 aromatic heterocycles. The molecule has 4 atom stereocenters. The molecular weight excluding hydrogens is 464 g/mol. The van der Waals surface area contributed by atoms with Crippen molar-refractivity contribution in [2.24, 2.45) is 0 Å². The largest absolute Gasteiger partial charge is 0.481 e. The summed E-state index contributed by atoms with van der Waals surface area (Å²) in [6.45, 7) is -0.189. The maximum absolute atomic E-state index is 13.6. The van der Waals surface area contributed by atoms with E-state index in [1.54, 1.807) is 47.8 Å². The number of hydrogen-bond acceptors (Lipinski definition) is 6. The van der Waals surface area contributed by atoms with E-state index in [0.717, 1.165) is 0 Å². The number of aromatic nitrogens is 1. The van der Waals surface area contributed by atoms with Crippen LogP contribution in [-0.4, -0.2) is 50.9 Å². The van der Waals surface area contributed by atoms with Crippen LogP contribution in [0.15, 0.2) is 60.0 Å². The molecule has 0 unspecified atom stereocenters. The van der Waals surface area contributed by atoms with Crippen molar-refractivity contribution in [1.82, 2.24) is 10.3 Å². The topological polar surface area (TPSA) is 120 Å². The molecule has 4 rings (SSSR count). The number of carbonyl (C=O) groups excluding carboxylic acids is 1. The third kappa shape index (κ3) is 4.52. The quantitative estimate of drug-likeness (QED) is 0.439. The van der Waals surface area contributed by atoms with E-state index in [2.05, 4.69) is 5.32 Å². The average Bonchev–Trinajstić information content (AvgIpc) is 3.29. The van der Waals surface area contributed by atoms with Gasteiger partial charge in [0.25, 0.3) is 0 Å². The Kier molecular flexibility index (Phi) is 6.81. The second-order valence-electron chi connectivity index (χ2n) is 8.10. The first kappa shape index (κ1) is 23.4. The van der Waals surface area contributed by atoms with Crippen LogP contribution in [0.25, 0.3) is 11.3 Å². The molecule has 172 valence electrons. The maximum atomic E-state index is 13.6. The number of carboxylic acids is 1. The fourth-order valence-corrected chi connectivity index (χ4v) is 5.69. The molecule has 1 aliphatic heterocycles. The predicted molar refractivity (Wildman–Crippen MR) is 125 cm³/mol. The van der Waals surface area contributed by atoms with Crippen molar-refractivity contribution in [3.63, 3.8) is 0 Å². The lowest BCUT2D eigenvalue weighted by atomic mass is 9.66. The lowest BCUT2D eigenvalue weighted by Crippen LogP contribution is -2.55. The van der Waals surface area contributed by atoms with Crippen LogP contribution in [0.4, 0.5) is 0 Å². The summed E-state index contributed by atoms with van der Waals surface area (Å²) in [6.07, 6.45) is -2.87. The first-order valence-corrected chi connectivity index (χ1v) is 11.7. The van der Waals surface area contributed by atoms with Crippen LogP contribution < -0.4 is 5.32 Å². The Labute approximate surface area is 199 Å². The van der Waals surface area contributed by atoms with Gasteiger partial charge in [-0.15, -0.1) is 11.3 Å². The van der Waals surface area contributed by atoms with E-state index in [1.807, 2.05) is 12.1 Å². The van der Waals surface area contributed by atoms with E-state index in [1.165, 1.54) is 11.3 Å². The molecule has 2 aromatic carbocycles. The standard InChI is InChI=1S/C24H23ClN2O5S/c25-17-9-5-4-8-15(17)18-13-33-23(27-18)24(11-21(30)31)16(14-6-2-1-3-7-14)10-19(28)20(29)12-26-22(24)32/h1-9,13,16,19-20,28-29H,10-12H2,(H,26,32)(H,30,31)/t16-,19+,20-,24-/m0/s1. The van der Waals surface area contributed by atoms with Gasteiger partial charge in [0.15, 0.2) is 0 Å². The monoisotopic (exact) mass is 486 g/mol. The number of β-amino-alcohol motifs (C(OH)–C–C–N with tert-alkyl or cyclic N) is 1. The summed E-state index contributed by atoms with van der Waals surface area (Å²) in [5, 5.41) is 36.0. The molecule has 2 heterocycles. The van der Waals surface area contributed by atoms with Crippen molar-refractivity contribution in [2.45, 2.75) is 36.4 Å². The van der Waals surface area contributed by atoms with E-state index in [9.17, 15) is 24.9 Å². The Morgan fingerprint density at radius 3 is 2.52 bits per heavy atom. The van der Waals surface area contributed by atoms with Gasteiger partial charge in [0.1, 0.15) is 10.4 Å². The molecule has 0 spiro atoms. The molecule has 3 aromatic rings. The minimum Gasteiger partial charge on any atom is -0.481 e. The lowest BCUT2D eigenvalue weighted by molar-refractivity contribution is -0.144. The van der Waals surface area contributed by atoms with Crippen LogP contribution in [0, 0.1) is 0 Å². The summed E-state index contributed by atoms with van der Waals surface area (Å²) < 4.78 is 0. The molecule has 33 heavy (non-hydrogen) atoms. The van der Waals surface area contributed by atoms with Gasteiger partial charge >= 0.3 is 5.97 Å². The molecule has 1 aliphatic rings. The van der Waals surface area contributed by atoms with Crippen molar-refractivity contribution in [1.29, 1.82) is 0 Å². The fraction of sp³-hybridized carbons (Fsp3) is 0.292. The molecule has 0 aliphatic carbocycles. The minimum absolute atomic E-state index is 0.00706. The third-order valence-electron chi connectivity index (χ3n) is 6.06. The highest BCUT2D eigenvalue weighted by Gasteiger charge is 2.53. The normalized spacial score (nSPS) is 25.7. The first-order chi connectivity index (χ1) is 15.8. The Morgan fingerprint density at radius 1 is 1.12 bits per heavy atom. The van der Waals surface area contributed by atoms with Gasteiger partial charge in [0.05, 0.1) is 24.3 Å². The SMILES string of the molecule is O=C(O)C[C@@]1(c2nc(-c3ccccc3Cl)cs2)C(=O)NC[C@H](O)[C@H](O)C[C@H]1c1ccccc1. The van der Waals surface area contributed by atoms with Gasteiger partial charge in [-0.05, 0) is 18.1 Å². The first-order valence-electron chi connectivity index (χ1n) is 10.4. The summed E-state index contributed by atoms with van der Waals surface area (Å²) >= 11 is 7.52. The van der Waals surface area contributed by atoms with Crippen LogP contribution in [0.2, 0.25) is 5.02 Å². The van der Waals surface area contributed by atoms with Crippen molar-refractivity contribution in [3.8, 4) is 11.3 Å². The number of rotatable bonds is 5. The zero-order valence-corrected chi connectivity index (χ0v) is 19.1. The molecule has 0 bridgehead atoms. The highest BCUT2D eigenvalue weighted by molar-refractivity contribution is 7.10. The van der Waals surface area contributed by atoms with Crippen LogP contribution >= 0.6 is 22.9 Å². The highest BCUT2D eigenvalue weighted by atomic mass is 35.5. The molecule has 0 saturated carbocycles. The molecule has 1 amide bonds. The van der Waals surface area contributed by atoms with Crippen molar-refractivity contribution in [2.75, 3.05) is 6.54 Å². The van der Waals surface area contributed by atoms with Crippen molar-refractivity contribution >= 4 is 34.8 Å². The summed E-state index contributed by atoms with van der Waals surface area (Å²) in [4.78, 5) is 30.5. The zero-order chi connectivity index (χ0) is 23.6. The lowest BCUT2D eigenvalue weighted by Gasteiger charge is -2.41. The van der Waals surface area contributed by atoms with E-state index in [-0.39, 0.29) is 13.0 Å². The molecule has 4 N–H and O–H groups in total. The van der Waals surface area contributed by atoms with E-state index in [4.69, 9.17) is 16.6 Å². The summed E-state index contributed by atoms with van der Waals surface area (Å²) in [5.74, 6) is -2.47. The van der Waals surface area contributed by atoms with Gasteiger partial charge in [-0.2, -0.15) is 0 Å². The Hall–Kier alpha value is -2.78.